The molecule has 166 valence electrons. The van der Waals surface area contributed by atoms with E-state index >= 15 is 0 Å². The predicted molar refractivity (Wildman–Crippen MR) is 111 cm³/mol. The normalized spacial score (nSPS) is 11.9. The van der Waals surface area contributed by atoms with Gasteiger partial charge in [0.2, 0.25) is 5.91 Å². The van der Waals surface area contributed by atoms with Gasteiger partial charge >= 0.3 is 6.36 Å². The smallest absolute Gasteiger partial charge is 0.406 e. The fraction of sp³-hybridized carbons (Fsp3) is 0.409. The Labute approximate surface area is 178 Å². The number of rotatable bonds is 7. The van der Waals surface area contributed by atoms with Crippen LogP contribution in [0, 0.1) is 13.8 Å². The van der Waals surface area contributed by atoms with Gasteiger partial charge in [-0.3, -0.25) is 4.79 Å². The molecule has 0 saturated carbocycles. The van der Waals surface area contributed by atoms with Crippen LogP contribution in [0.2, 0.25) is 0 Å². The van der Waals surface area contributed by atoms with E-state index in [0.29, 0.717) is 12.0 Å². The molecule has 2 aromatic heterocycles. The molecule has 31 heavy (non-hydrogen) atoms. The number of carbonyl (C=O) groups excluding carboxylic acids is 1. The Morgan fingerprint density at radius 2 is 1.87 bits per heavy atom. The summed E-state index contributed by atoms with van der Waals surface area (Å²) in [4.78, 5) is 17.0. The fourth-order valence-electron chi connectivity index (χ4n) is 3.47. The van der Waals surface area contributed by atoms with Crippen molar-refractivity contribution in [3.8, 4) is 5.75 Å². The first kappa shape index (κ1) is 22.6. The lowest BCUT2D eigenvalue weighted by molar-refractivity contribution is -0.274. The van der Waals surface area contributed by atoms with E-state index in [4.69, 9.17) is 4.98 Å². The summed E-state index contributed by atoms with van der Waals surface area (Å²) >= 11 is 0. The summed E-state index contributed by atoms with van der Waals surface area (Å²) < 4.78 is 42.4. The number of nitrogens with one attached hydrogen (secondary N) is 1. The molecule has 0 atom stereocenters. The monoisotopic (exact) mass is 434 g/mol. The first-order valence-electron chi connectivity index (χ1n) is 10.00. The number of aromatic nitrogens is 3. The van der Waals surface area contributed by atoms with Crippen molar-refractivity contribution in [1.29, 1.82) is 0 Å². The van der Waals surface area contributed by atoms with Crippen LogP contribution >= 0.6 is 0 Å². The Hall–Kier alpha value is -3.10. The molecule has 0 spiro atoms. The third kappa shape index (κ3) is 5.53. The van der Waals surface area contributed by atoms with Crippen molar-refractivity contribution in [1.82, 2.24) is 20.1 Å². The molecule has 0 aliphatic carbocycles. The van der Waals surface area contributed by atoms with Crippen molar-refractivity contribution in [3.63, 3.8) is 0 Å². The second-order valence-electron chi connectivity index (χ2n) is 7.69. The minimum absolute atomic E-state index is 0.146. The molecule has 1 N–H and O–H groups in total. The van der Waals surface area contributed by atoms with Gasteiger partial charge in [0.15, 0.2) is 5.65 Å². The van der Waals surface area contributed by atoms with Crippen LogP contribution in [0.1, 0.15) is 48.7 Å². The van der Waals surface area contributed by atoms with Crippen molar-refractivity contribution >= 4 is 16.9 Å². The molecule has 0 aliphatic rings. The van der Waals surface area contributed by atoms with Crippen molar-refractivity contribution in [2.24, 2.45) is 0 Å². The molecule has 0 aliphatic heterocycles. The standard InChI is InChI=1S/C22H25F3N4O2/c1-13(2)29-21-19(12-27-29)14(3)18(15(4)28-21)9-10-20(30)26-11-16-5-7-17(8-6-16)31-22(23,24)25/h5-8,12-13H,9-11H2,1-4H3,(H,26,30). The van der Waals surface area contributed by atoms with Crippen LogP contribution in [0.25, 0.3) is 11.0 Å². The molecule has 0 bridgehead atoms. The maximum atomic E-state index is 12.3. The SMILES string of the molecule is Cc1nc2c(cnn2C(C)C)c(C)c1CCC(=O)NCc1ccc(OC(F)(F)F)cc1. The number of nitrogens with zero attached hydrogens (tertiary/aromatic N) is 3. The van der Waals surface area contributed by atoms with Crippen LogP contribution in [-0.2, 0) is 17.8 Å². The minimum atomic E-state index is -4.72. The lowest BCUT2D eigenvalue weighted by Crippen LogP contribution is -2.23. The van der Waals surface area contributed by atoms with E-state index in [1.54, 1.807) is 0 Å². The lowest BCUT2D eigenvalue weighted by Gasteiger charge is -2.13. The molecule has 0 fully saturated rings. The van der Waals surface area contributed by atoms with Crippen LogP contribution < -0.4 is 10.1 Å². The van der Waals surface area contributed by atoms with Gasteiger partial charge in [0, 0.05) is 30.1 Å². The Morgan fingerprint density at radius 1 is 1.19 bits per heavy atom. The third-order valence-electron chi connectivity index (χ3n) is 5.07. The Bertz CT molecular complexity index is 1070. The zero-order chi connectivity index (χ0) is 22.8. The molecule has 3 rings (SSSR count). The van der Waals surface area contributed by atoms with E-state index in [9.17, 15) is 18.0 Å². The minimum Gasteiger partial charge on any atom is -0.406 e. The number of ether oxygens (including phenoxy) is 1. The molecule has 0 radical (unpaired) electrons. The lowest BCUT2D eigenvalue weighted by atomic mass is 10.0. The Balaban J connectivity index is 1.59. The third-order valence-corrected chi connectivity index (χ3v) is 5.07. The number of alkyl halides is 3. The number of halogens is 3. The van der Waals surface area contributed by atoms with Gasteiger partial charge in [-0.1, -0.05) is 12.1 Å². The van der Waals surface area contributed by atoms with E-state index in [1.807, 2.05) is 38.6 Å². The molecule has 2 heterocycles. The fourth-order valence-corrected chi connectivity index (χ4v) is 3.47. The van der Waals surface area contributed by atoms with Crippen molar-refractivity contribution < 1.29 is 22.7 Å². The number of hydrogen-bond donors (Lipinski definition) is 1. The summed E-state index contributed by atoms with van der Waals surface area (Å²) in [7, 11) is 0. The number of carbonyl (C=O) groups is 1. The highest BCUT2D eigenvalue weighted by molar-refractivity contribution is 5.81. The van der Waals surface area contributed by atoms with Gasteiger partial charge in [-0.05, 0) is 62.9 Å². The van der Waals surface area contributed by atoms with Crippen LogP contribution in [0.3, 0.4) is 0 Å². The Morgan fingerprint density at radius 3 is 2.48 bits per heavy atom. The van der Waals surface area contributed by atoms with Crippen LogP contribution in [0.4, 0.5) is 13.2 Å². The zero-order valence-corrected chi connectivity index (χ0v) is 17.9. The zero-order valence-electron chi connectivity index (χ0n) is 17.9. The molecule has 6 nitrogen and oxygen atoms in total. The van der Waals surface area contributed by atoms with E-state index in [2.05, 4.69) is 15.2 Å². The van der Waals surface area contributed by atoms with Crippen molar-refractivity contribution in [3.05, 3.63) is 52.8 Å². The van der Waals surface area contributed by atoms with Gasteiger partial charge in [-0.25, -0.2) is 9.67 Å². The van der Waals surface area contributed by atoms with Gasteiger partial charge in [0.25, 0.3) is 0 Å². The molecule has 0 unspecified atom stereocenters. The largest absolute Gasteiger partial charge is 0.573 e. The van der Waals surface area contributed by atoms with Gasteiger partial charge in [0.05, 0.1) is 6.20 Å². The molecule has 1 amide bonds. The number of amides is 1. The van der Waals surface area contributed by atoms with Gasteiger partial charge in [-0.15, -0.1) is 13.2 Å². The highest BCUT2D eigenvalue weighted by Crippen LogP contribution is 2.25. The topological polar surface area (TPSA) is 69.0 Å². The van der Waals surface area contributed by atoms with Gasteiger partial charge in [-0.2, -0.15) is 5.10 Å². The van der Waals surface area contributed by atoms with E-state index in [-0.39, 0.29) is 30.7 Å². The van der Waals surface area contributed by atoms with E-state index in [1.165, 1.54) is 24.3 Å². The molecule has 3 aromatic rings. The van der Waals surface area contributed by atoms with Crippen LogP contribution in [0.5, 0.6) is 5.75 Å². The van der Waals surface area contributed by atoms with Gasteiger partial charge < -0.3 is 10.1 Å². The number of benzene rings is 1. The molecule has 9 heteroatoms. The van der Waals surface area contributed by atoms with Crippen molar-refractivity contribution in [2.75, 3.05) is 0 Å². The van der Waals surface area contributed by atoms with Crippen LogP contribution in [-0.4, -0.2) is 27.0 Å². The molecular formula is C22H25F3N4O2. The van der Waals surface area contributed by atoms with Gasteiger partial charge in [0.1, 0.15) is 5.75 Å². The average molecular weight is 434 g/mol. The maximum absolute atomic E-state index is 12.3. The summed E-state index contributed by atoms with van der Waals surface area (Å²) in [5, 5.41) is 8.20. The highest BCUT2D eigenvalue weighted by Gasteiger charge is 2.30. The Kier molecular flexibility index (Phi) is 6.52. The number of fused-ring (bicyclic) bond motifs is 1. The van der Waals surface area contributed by atoms with Crippen molar-refractivity contribution in [2.45, 2.75) is 59.5 Å². The average Bonchev–Trinajstić information content (AvgIpc) is 3.10. The second-order valence-corrected chi connectivity index (χ2v) is 7.69. The van der Waals surface area contributed by atoms with E-state index < -0.39 is 6.36 Å². The summed E-state index contributed by atoms with van der Waals surface area (Å²) in [6.45, 7) is 8.27. The number of hydrogen-bond acceptors (Lipinski definition) is 4. The predicted octanol–water partition coefficient (Wildman–Crippen LogP) is 4.78. The summed E-state index contributed by atoms with van der Waals surface area (Å²) in [6.07, 6.45) is -2.09. The second kappa shape index (κ2) is 8.95. The summed E-state index contributed by atoms with van der Waals surface area (Å²) in [5.74, 6) is -0.440. The number of pyridine rings is 1. The number of aryl methyl sites for hydroxylation is 2. The van der Waals surface area contributed by atoms with Crippen LogP contribution in [0.15, 0.2) is 30.5 Å². The molecule has 0 saturated heterocycles. The summed E-state index contributed by atoms with van der Waals surface area (Å²) in [5.41, 5.74) is 4.50. The molecule has 1 aromatic carbocycles. The van der Waals surface area contributed by atoms with E-state index in [0.717, 1.165) is 27.9 Å². The highest BCUT2D eigenvalue weighted by atomic mass is 19.4. The molecular weight excluding hydrogens is 409 g/mol. The maximum Gasteiger partial charge on any atom is 0.573 e. The first-order valence-corrected chi connectivity index (χ1v) is 10.00. The quantitative estimate of drug-likeness (QED) is 0.581. The first-order chi connectivity index (χ1) is 14.5. The summed E-state index contributed by atoms with van der Waals surface area (Å²) in [6, 6.07) is 5.62.